The van der Waals surface area contributed by atoms with Gasteiger partial charge in [-0.15, -0.1) is 0 Å². The van der Waals surface area contributed by atoms with Crippen molar-refractivity contribution in [2.45, 2.75) is 10.4 Å². The van der Waals surface area contributed by atoms with Crippen molar-refractivity contribution in [1.82, 2.24) is 0 Å². The minimum absolute atomic E-state index is 0.0446. The number of rotatable bonds is 2. The van der Waals surface area contributed by atoms with Crippen LogP contribution < -0.4 is 8.92 Å². The molecule has 0 amide bonds. The molecule has 100 valence electrons. The van der Waals surface area contributed by atoms with Crippen LogP contribution in [0.15, 0.2) is 23.1 Å². The van der Waals surface area contributed by atoms with Crippen molar-refractivity contribution in [3.63, 3.8) is 0 Å². The maximum atomic E-state index is 12.1. The molecule has 0 fully saturated rings. The van der Waals surface area contributed by atoms with E-state index in [-0.39, 0.29) is 16.6 Å². The third-order valence-corrected chi connectivity index (χ3v) is 4.11. The average Bonchev–Trinajstić information content (AvgIpc) is 2.58. The summed E-state index contributed by atoms with van der Waals surface area (Å²) < 4.78 is 77.7. The molecule has 1 aliphatic heterocycles. The van der Waals surface area contributed by atoms with E-state index in [1.54, 1.807) is 0 Å². The molecule has 0 aliphatic carbocycles. The van der Waals surface area contributed by atoms with Crippen LogP contribution in [0.5, 0.6) is 11.5 Å². The van der Waals surface area contributed by atoms with E-state index in [0.29, 0.717) is 0 Å². The number of alkyl halides is 3. The van der Waals surface area contributed by atoms with Gasteiger partial charge in [0.25, 0.3) is 0 Å². The van der Waals surface area contributed by atoms with Crippen LogP contribution in [0, 0.1) is 0 Å². The first-order chi connectivity index (χ1) is 8.21. The smallest absolute Gasteiger partial charge is 0.479 e. The minimum Gasteiger partial charge on any atom is -0.479 e. The summed E-state index contributed by atoms with van der Waals surface area (Å²) >= 11 is 0. The first kappa shape index (κ1) is 13.1. The SMILES string of the molecule is O=[S@]1COc2cc(OS(=O)(=O)C(F)(F)F)ccc21. The van der Waals surface area contributed by atoms with Crippen LogP contribution in [-0.2, 0) is 20.9 Å². The Kier molecular flexibility index (Phi) is 3.01. The largest absolute Gasteiger partial charge is 0.534 e. The number of hydrogen-bond donors (Lipinski definition) is 0. The molecule has 0 radical (unpaired) electrons. The summed E-state index contributed by atoms with van der Waals surface area (Å²) in [6.45, 7) is 0. The molecule has 1 aliphatic rings. The van der Waals surface area contributed by atoms with Crippen molar-refractivity contribution in [2.75, 3.05) is 5.94 Å². The summed E-state index contributed by atoms with van der Waals surface area (Å²) in [6.07, 6.45) is 0. The molecular formula is C8H5F3O5S2. The van der Waals surface area contributed by atoms with Crippen molar-refractivity contribution in [1.29, 1.82) is 0 Å². The van der Waals surface area contributed by atoms with E-state index < -0.39 is 32.2 Å². The Labute approximate surface area is 102 Å². The number of benzene rings is 1. The maximum absolute atomic E-state index is 12.1. The van der Waals surface area contributed by atoms with Crippen molar-refractivity contribution >= 4 is 20.9 Å². The number of hydrogen-bond acceptors (Lipinski definition) is 5. The van der Waals surface area contributed by atoms with Gasteiger partial charge in [-0.25, -0.2) is 0 Å². The summed E-state index contributed by atoms with van der Waals surface area (Å²) in [5.41, 5.74) is -5.50. The van der Waals surface area contributed by atoms with E-state index in [4.69, 9.17) is 4.74 Å². The van der Waals surface area contributed by atoms with E-state index in [1.165, 1.54) is 6.07 Å². The molecule has 1 aromatic rings. The Hall–Kier alpha value is -1.29. The highest BCUT2D eigenvalue weighted by atomic mass is 32.2. The molecule has 2 rings (SSSR count). The standard InChI is InChI=1S/C8H5F3O5S2/c9-8(10,11)18(13,14)16-5-1-2-7-6(3-5)15-4-17(7)12/h1-3H,4H2/t17-/m0/s1. The van der Waals surface area contributed by atoms with Gasteiger partial charge in [-0.3, -0.25) is 4.21 Å². The second-order valence-corrected chi connectivity index (χ2v) is 6.10. The monoisotopic (exact) mass is 302 g/mol. The fourth-order valence-electron chi connectivity index (χ4n) is 1.20. The van der Waals surface area contributed by atoms with Crippen LogP contribution in [0.4, 0.5) is 13.2 Å². The Balaban J connectivity index is 2.30. The summed E-state index contributed by atoms with van der Waals surface area (Å²) in [7, 11) is -7.11. The zero-order valence-electron chi connectivity index (χ0n) is 8.43. The number of halogens is 3. The first-order valence-corrected chi connectivity index (χ1v) is 7.09. The molecule has 1 aromatic carbocycles. The second kappa shape index (κ2) is 4.12. The van der Waals surface area contributed by atoms with Gasteiger partial charge >= 0.3 is 15.6 Å². The van der Waals surface area contributed by atoms with Gasteiger partial charge in [0.1, 0.15) is 11.5 Å². The second-order valence-electron chi connectivity index (χ2n) is 3.20. The molecular weight excluding hydrogens is 297 g/mol. The van der Waals surface area contributed by atoms with Crippen LogP contribution in [0.2, 0.25) is 0 Å². The van der Waals surface area contributed by atoms with E-state index in [0.717, 1.165) is 12.1 Å². The van der Waals surface area contributed by atoms with Crippen molar-refractivity contribution < 1.29 is 34.7 Å². The van der Waals surface area contributed by atoms with E-state index >= 15 is 0 Å². The lowest BCUT2D eigenvalue weighted by Crippen LogP contribution is -2.28. The van der Waals surface area contributed by atoms with E-state index in [9.17, 15) is 25.8 Å². The third-order valence-electron chi connectivity index (χ3n) is 1.97. The molecule has 10 heteroatoms. The Morgan fingerprint density at radius 2 is 2.00 bits per heavy atom. The van der Waals surface area contributed by atoms with Gasteiger partial charge in [-0.05, 0) is 12.1 Å². The molecule has 18 heavy (non-hydrogen) atoms. The highest BCUT2D eigenvalue weighted by Crippen LogP contribution is 2.34. The molecule has 0 aromatic heterocycles. The van der Waals surface area contributed by atoms with Crippen LogP contribution in [-0.4, -0.2) is 24.1 Å². The molecule has 5 nitrogen and oxygen atoms in total. The molecule has 0 spiro atoms. The van der Waals surface area contributed by atoms with Crippen molar-refractivity contribution in [3.05, 3.63) is 18.2 Å². The molecule has 0 saturated heterocycles. The molecule has 0 bridgehead atoms. The number of ether oxygens (including phenoxy) is 1. The topological polar surface area (TPSA) is 69.7 Å². The third kappa shape index (κ3) is 2.29. The maximum Gasteiger partial charge on any atom is 0.534 e. The summed E-state index contributed by atoms with van der Waals surface area (Å²) in [6, 6.07) is 3.12. The minimum atomic E-state index is -5.71. The summed E-state index contributed by atoms with van der Waals surface area (Å²) in [5, 5.41) is 0. The zero-order chi connectivity index (χ0) is 13.6. The predicted molar refractivity (Wildman–Crippen MR) is 53.9 cm³/mol. The lowest BCUT2D eigenvalue weighted by molar-refractivity contribution is -0.0500. The highest BCUT2D eigenvalue weighted by Gasteiger charge is 2.48. The Morgan fingerprint density at radius 3 is 2.61 bits per heavy atom. The zero-order valence-corrected chi connectivity index (χ0v) is 10.1. The Morgan fingerprint density at radius 1 is 1.33 bits per heavy atom. The van der Waals surface area contributed by atoms with Gasteiger partial charge in [-0.1, -0.05) is 0 Å². The highest BCUT2D eigenvalue weighted by molar-refractivity contribution is 7.88. The van der Waals surface area contributed by atoms with E-state index in [1.807, 2.05) is 0 Å². The van der Waals surface area contributed by atoms with Gasteiger partial charge in [-0.2, -0.15) is 21.6 Å². The quantitative estimate of drug-likeness (QED) is 0.609. The van der Waals surface area contributed by atoms with Crippen molar-refractivity contribution in [2.24, 2.45) is 0 Å². The van der Waals surface area contributed by atoms with E-state index in [2.05, 4.69) is 4.18 Å². The van der Waals surface area contributed by atoms with Gasteiger partial charge in [0.05, 0.1) is 15.7 Å². The van der Waals surface area contributed by atoms with Crippen LogP contribution in [0.25, 0.3) is 0 Å². The lowest BCUT2D eigenvalue weighted by Gasteiger charge is -2.09. The van der Waals surface area contributed by atoms with Crippen molar-refractivity contribution in [3.8, 4) is 11.5 Å². The van der Waals surface area contributed by atoms with Crippen LogP contribution in [0.3, 0.4) is 0 Å². The molecule has 0 N–H and O–H groups in total. The van der Waals surface area contributed by atoms with Crippen LogP contribution >= 0.6 is 0 Å². The molecule has 0 saturated carbocycles. The van der Waals surface area contributed by atoms with Crippen LogP contribution in [0.1, 0.15) is 0 Å². The Bertz CT molecular complexity index is 608. The summed E-state index contributed by atoms with van der Waals surface area (Å²) in [5.74, 6) is -0.627. The normalized spacial score (nSPS) is 19.2. The molecule has 0 unspecified atom stereocenters. The molecule has 1 heterocycles. The summed E-state index contributed by atoms with van der Waals surface area (Å²) in [4.78, 5) is 0.284. The molecule has 1 atom stereocenters. The number of fused-ring (bicyclic) bond motifs is 1. The predicted octanol–water partition coefficient (Wildman–Crippen LogP) is 1.37. The fraction of sp³-hybridized carbons (Fsp3) is 0.250. The fourth-order valence-corrected chi connectivity index (χ4v) is 2.57. The van der Waals surface area contributed by atoms with Gasteiger partial charge in [0.2, 0.25) is 0 Å². The average molecular weight is 302 g/mol. The van der Waals surface area contributed by atoms with Gasteiger partial charge in [0.15, 0.2) is 5.94 Å². The van der Waals surface area contributed by atoms with Gasteiger partial charge in [0, 0.05) is 6.07 Å². The first-order valence-electron chi connectivity index (χ1n) is 4.37. The van der Waals surface area contributed by atoms with Gasteiger partial charge < -0.3 is 8.92 Å². The lowest BCUT2D eigenvalue weighted by atomic mass is 10.3.